The third-order valence-electron chi connectivity index (χ3n) is 6.02. The van der Waals surface area contributed by atoms with Gasteiger partial charge in [-0.25, -0.2) is 9.18 Å². The van der Waals surface area contributed by atoms with Crippen LogP contribution >= 0.6 is 0 Å². The molecule has 0 aromatic heterocycles. The molecule has 0 saturated heterocycles. The van der Waals surface area contributed by atoms with Gasteiger partial charge in [0.05, 0.1) is 11.1 Å². The maximum Gasteiger partial charge on any atom is 0.335 e. The van der Waals surface area contributed by atoms with E-state index in [1.54, 1.807) is 42.5 Å². The van der Waals surface area contributed by atoms with Crippen LogP contribution in [0.2, 0.25) is 0 Å². The van der Waals surface area contributed by atoms with Gasteiger partial charge in [-0.1, -0.05) is 36.4 Å². The highest BCUT2D eigenvalue weighted by Gasteiger charge is 2.19. The number of aliphatic hydroxyl groups excluding tert-OH is 1. The van der Waals surface area contributed by atoms with Crippen molar-refractivity contribution >= 4 is 5.97 Å². The van der Waals surface area contributed by atoms with Crippen LogP contribution in [0.15, 0.2) is 66.7 Å². The standard InChI is InChI=1S/C29H31FN2O4/c1-29(2,15-5-7-21-6-3-4-8-26(21)30)32-18-25(33)19-36-27-16-23(13-14-24(27)17-31)20-9-11-22(12-10-20)28(34)35/h3-4,6,8-14,16,25,32-33H,5,7,15,18-19H2,1-2H3,(H,34,35)/t25-/m1/s1. The molecular weight excluding hydrogens is 459 g/mol. The van der Waals surface area contributed by atoms with Gasteiger partial charge in [0, 0.05) is 12.1 Å². The lowest BCUT2D eigenvalue weighted by Gasteiger charge is -2.28. The van der Waals surface area contributed by atoms with E-state index >= 15 is 0 Å². The monoisotopic (exact) mass is 490 g/mol. The van der Waals surface area contributed by atoms with E-state index in [-0.39, 0.29) is 23.5 Å². The Morgan fingerprint density at radius 2 is 1.81 bits per heavy atom. The lowest BCUT2D eigenvalue weighted by molar-refractivity contribution is 0.0697. The Kier molecular flexibility index (Phi) is 9.18. The third kappa shape index (κ3) is 7.64. The summed E-state index contributed by atoms with van der Waals surface area (Å²) >= 11 is 0. The van der Waals surface area contributed by atoms with Gasteiger partial charge < -0.3 is 20.3 Å². The van der Waals surface area contributed by atoms with Gasteiger partial charge in [-0.05, 0) is 80.1 Å². The zero-order chi connectivity index (χ0) is 26.1. The number of rotatable bonds is 12. The van der Waals surface area contributed by atoms with E-state index in [9.17, 15) is 19.6 Å². The first-order chi connectivity index (χ1) is 17.2. The number of hydrogen-bond acceptors (Lipinski definition) is 5. The smallest absolute Gasteiger partial charge is 0.335 e. The minimum Gasteiger partial charge on any atom is -0.489 e. The van der Waals surface area contributed by atoms with Crippen molar-refractivity contribution < 1.29 is 24.1 Å². The van der Waals surface area contributed by atoms with E-state index in [0.29, 0.717) is 29.8 Å². The summed E-state index contributed by atoms with van der Waals surface area (Å²) in [5, 5.41) is 32.3. The largest absolute Gasteiger partial charge is 0.489 e. The second-order valence-electron chi connectivity index (χ2n) is 9.38. The van der Waals surface area contributed by atoms with E-state index in [4.69, 9.17) is 9.84 Å². The predicted octanol–water partition coefficient (Wildman–Crippen LogP) is 5.19. The molecule has 6 nitrogen and oxygen atoms in total. The van der Waals surface area contributed by atoms with Crippen LogP contribution < -0.4 is 10.1 Å². The molecule has 0 heterocycles. The summed E-state index contributed by atoms with van der Waals surface area (Å²) in [5.41, 5.74) is 2.53. The molecule has 3 rings (SSSR count). The van der Waals surface area contributed by atoms with Gasteiger partial charge in [-0.3, -0.25) is 0 Å². The Hall–Kier alpha value is -3.73. The highest BCUT2D eigenvalue weighted by molar-refractivity contribution is 5.88. The van der Waals surface area contributed by atoms with Crippen LogP contribution in [-0.2, 0) is 6.42 Å². The topological polar surface area (TPSA) is 103 Å². The summed E-state index contributed by atoms with van der Waals surface area (Å²) in [5.74, 6) is -0.837. The van der Waals surface area contributed by atoms with Crippen molar-refractivity contribution in [3.05, 3.63) is 89.2 Å². The number of aryl methyl sites for hydroxylation is 1. The summed E-state index contributed by atoms with van der Waals surface area (Å²) in [6.45, 7) is 4.36. The van der Waals surface area contributed by atoms with Crippen molar-refractivity contribution in [1.82, 2.24) is 5.32 Å². The van der Waals surface area contributed by atoms with Gasteiger partial charge in [0.25, 0.3) is 0 Å². The van der Waals surface area contributed by atoms with Crippen molar-refractivity contribution in [3.8, 4) is 22.9 Å². The predicted molar refractivity (Wildman–Crippen MR) is 136 cm³/mol. The Morgan fingerprint density at radius 3 is 2.47 bits per heavy atom. The number of halogens is 1. The summed E-state index contributed by atoms with van der Waals surface area (Å²) in [4.78, 5) is 11.1. The molecule has 3 aromatic rings. The molecule has 3 N–H and O–H groups in total. The molecule has 36 heavy (non-hydrogen) atoms. The number of carbonyl (C=O) groups is 1. The number of aromatic carboxylic acids is 1. The number of benzene rings is 3. The number of nitrogens with one attached hydrogen (secondary N) is 1. The van der Waals surface area contributed by atoms with E-state index in [0.717, 1.165) is 24.0 Å². The fourth-order valence-electron chi connectivity index (χ4n) is 3.87. The van der Waals surface area contributed by atoms with Gasteiger partial charge >= 0.3 is 5.97 Å². The molecule has 0 aliphatic rings. The van der Waals surface area contributed by atoms with Gasteiger partial charge in [0.15, 0.2) is 0 Å². The zero-order valence-corrected chi connectivity index (χ0v) is 20.5. The van der Waals surface area contributed by atoms with Crippen molar-refractivity contribution in [2.75, 3.05) is 13.2 Å². The first kappa shape index (κ1) is 26.9. The molecule has 0 radical (unpaired) electrons. The number of carboxylic acids is 1. The molecule has 0 fully saturated rings. The maximum absolute atomic E-state index is 13.8. The van der Waals surface area contributed by atoms with E-state index < -0.39 is 12.1 Å². The number of carboxylic acid groups (broad SMARTS) is 1. The second-order valence-corrected chi connectivity index (χ2v) is 9.38. The molecule has 0 unspecified atom stereocenters. The molecule has 0 aliphatic heterocycles. The van der Waals surface area contributed by atoms with Crippen LogP contribution in [0.25, 0.3) is 11.1 Å². The number of nitrogens with zero attached hydrogens (tertiary/aromatic N) is 1. The summed E-state index contributed by atoms with van der Waals surface area (Å²) in [7, 11) is 0. The average molecular weight is 491 g/mol. The van der Waals surface area contributed by atoms with E-state index in [1.165, 1.54) is 18.2 Å². The maximum atomic E-state index is 13.8. The van der Waals surface area contributed by atoms with Gasteiger partial charge in [0.1, 0.15) is 30.3 Å². The van der Waals surface area contributed by atoms with Crippen LogP contribution in [0.3, 0.4) is 0 Å². The highest BCUT2D eigenvalue weighted by Crippen LogP contribution is 2.27. The van der Waals surface area contributed by atoms with Gasteiger partial charge in [-0.15, -0.1) is 0 Å². The van der Waals surface area contributed by atoms with Crippen LogP contribution in [0.4, 0.5) is 4.39 Å². The Morgan fingerprint density at radius 1 is 1.11 bits per heavy atom. The van der Waals surface area contributed by atoms with E-state index in [1.807, 2.05) is 19.9 Å². The number of hydrogen-bond donors (Lipinski definition) is 3. The molecule has 0 amide bonds. The fourth-order valence-corrected chi connectivity index (χ4v) is 3.87. The summed E-state index contributed by atoms with van der Waals surface area (Å²) in [6.07, 6.45) is 1.45. The quantitative estimate of drug-likeness (QED) is 0.323. The molecule has 0 saturated carbocycles. The molecule has 1 atom stereocenters. The van der Waals surface area contributed by atoms with Gasteiger partial charge in [-0.2, -0.15) is 5.26 Å². The lowest BCUT2D eigenvalue weighted by Crippen LogP contribution is -2.44. The molecule has 3 aromatic carbocycles. The number of aliphatic hydroxyl groups is 1. The number of β-amino-alcohol motifs (C(OH)–C–C–N with tert-alkyl or cyclic N) is 1. The zero-order valence-electron chi connectivity index (χ0n) is 20.5. The second kappa shape index (κ2) is 12.3. The third-order valence-corrected chi connectivity index (χ3v) is 6.02. The van der Waals surface area contributed by atoms with Crippen molar-refractivity contribution in [2.24, 2.45) is 0 Å². The number of ether oxygens (including phenoxy) is 1. The Bertz CT molecular complexity index is 1220. The number of nitriles is 1. The summed E-state index contributed by atoms with van der Waals surface area (Å²) < 4.78 is 19.6. The Balaban J connectivity index is 1.52. The highest BCUT2D eigenvalue weighted by atomic mass is 19.1. The molecule has 0 bridgehead atoms. The molecule has 0 aliphatic carbocycles. The van der Waals surface area contributed by atoms with Crippen molar-refractivity contribution in [1.29, 1.82) is 5.26 Å². The first-order valence-corrected chi connectivity index (χ1v) is 11.9. The van der Waals surface area contributed by atoms with Crippen molar-refractivity contribution in [2.45, 2.75) is 44.8 Å². The summed E-state index contributed by atoms with van der Waals surface area (Å²) in [6, 6.07) is 20.4. The Labute approximate surface area is 211 Å². The molecular formula is C29H31FN2O4. The van der Waals surface area contributed by atoms with Crippen LogP contribution in [-0.4, -0.2) is 41.0 Å². The first-order valence-electron chi connectivity index (χ1n) is 11.9. The fraction of sp³-hybridized carbons (Fsp3) is 0.310. The minimum atomic E-state index is -0.999. The average Bonchev–Trinajstić information content (AvgIpc) is 2.87. The SMILES string of the molecule is CC(C)(CCCc1ccccc1F)NC[C@@H](O)COc1cc(-c2ccc(C(=O)O)cc2)ccc1C#N. The molecule has 7 heteroatoms. The normalized spacial score (nSPS) is 12.1. The lowest BCUT2D eigenvalue weighted by atomic mass is 9.95. The van der Waals surface area contributed by atoms with E-state index in [2.05, 4.69) is 11.4 Å². The van der Waals surface area contributed by atoms with Crippen LogP contribution in [0, 0.1) is 17.1 Å². The van der Waals surface area contributed by atoms with Crippen LogP contribution in [0.1, 0.15) is 48.2 Å². The van der Waals surface area contributed by atoms with Crippen molar-refractivity contribution in [3.63, 3.8) is 0 Å². The minimum absolute atomic E-state index is 0.00556. The van der Waals surface area contributed by atoms with Gasteiger partial charge in [0.2, 0.25) is 0 Å². The van der Waals surface area contributed by atoms with Crippen LogP contribution in [0.5, 0.6) is 5.75 Å². The molecule has 0 spiro atoms. The molecule has 188 valence electrons.